The minimum Gasteiger partial charge on any atom is -0.466 e. The van der Waals surface area contributed by atoms with E-state index in [-0.39, 0.29) is 23.4 Å². The van der Waals surface area contributed by atoms with Gasteiger partial charge >= 0.3 is 5.97 Å². The molecule has 0 bridgehead atoms. The van der Waals surface area contributed by atoms with Crippen LogP contribution in [-0.2, 0) is 16.0 Å². The van der Waals surface area contributed by atoms with Crippen molar-refractivity contribution in [3.05, 3.63) is 112 Å². The van der Waals surface area contributed by atoms with Crippen LogP contribution in [0.5, 0.6) is 0 Å². The van der Waals surface area contributed by atoms with Crippen LogP contribution in [0.25, 0.3) is 5.69 Å². The number of hydrogen-bond acceptors (Lipinski definition) is 5. The molecule has 35 heavy (non-hydrogen) atoms. The zero-order chi connectivity index (χ0) is 24.8. The molecule has 0 fully saturated rings. The van der Waals surface area contributed by atoms with Crippen molar-refractivity contribution in [1.82, 2.24) is 0 Å². The maximum Gasteiger partial charge on any atom is 0.310 e. The maximum absolute atomic E-state index is 13.7. The Hall–Kier alpha value is -3.22. The van der Waals surface area contributed by atoms with Gasteiger partial charge in [-0.25, -0.2) is 0 Å². The molecule has 6 heteroatoms. The van der Waals surface area contributed by atoms with E-state index in [9.17, 15) is 9.59 Å². The molecular weight excluding hydrogens is 474 g/mol. The summed E-state index contributed by atoms with van der Waals surface area (Å²) < 4.78 is 8.30. The minimum atomic E-state index is -0.339. The summed E-state index contributed by atoms with van der Waals surface area (Å²) in [5, 5.41) is 0.162. The highest BCUT2D eigenvalue weighted by atomic mass is 32.2. The van der Waals surface area contributed by atoms with Gasteiger partial charge in [-0.2, -0.15) is 4.57 Å². The average molecular weight is 503 g/mol. The van der Waals surface area contributed by atoms with E-state index in [1.807, 2.05) is 84.5 Å². The zero-order valence-electron chi connectivity index (χ0n) is 20.1. The fourth-order valence-electron chi connectivity index (χ4n) is 3.80. The highest BCUT2D eigenvalue weighted by Crippen LogP contribution is 2.44. The summed E-state index contributed by atoms with van der Waals surface area (Å²) in [4.78, 5) is 26.9. The number of carbonyl (C=O) groups is 2. The lowest BCUT2D eigenvalue weighted by Gasteiger charge is -2.10. The molecule has 0 radical (unpaired) electrons. The number of rotatable bonds is 9. The number of nitrogens with zero attached hydrogens (tertiary/aromatic N) is 1. The van der Waals surface area contributed by atoms with Gasteiger partial charge in [-0.1, -0.05) is 60.7 Å². The van der Waals surface area contributed by atoms with Crippen LogP contribution in [0.15, 0.2) is 89.4 Å². The highest BCUT2D eigenvalue weighted by Gasteiger charge is 2.32. The van der Waals surface area contributed by atoms with Crippen molar-refractivity contribution >= 4 is 34.9 Å². The predicted molar refractivity (Wildman–Crippen MR) is 142 cm³/mol. The SMILES string of the molecule is CCOC(=O)Cc1c(C(=O)c2ccccc2)sc(SC(C)c2ccccc2)c1-[n+]1ccc(C)cc1. The largest absolute Gasteiger partial charge is 0.466 e. The molecule has 4 nitrogen and oxygen atoms in total. The summed E-state index contributed by atoms with van der Waals surface area (Å²) in [6.07, 6.45) is 4.01. The van der Waals surface area contributed by atoms with E-state index in [4.69, 9.17) is 4.74 Å². The van der Waals surface area contributed by atoms with Crippen LogP contribution < -0.4 is 4.57 Å². The maximum atomic E-state index is 13.7. The quantitative estimate of drug-likeness (QED) is 0.113. The third-order valence-electron chi connectivity index (χ3n) is 5.62. The average Bonchev–Trinajstić information content (AvgIpc) is 3.22. The summed E-state index contributed by atoms with van der Waals surface area (Å²) >= 11 is 3.16. The second kappa shape index (κ2) is 11.5. The summed E-state index contributed by atoms with van der Waals surface area (Å²) in [5.74, 6) is -0.419. The van der Waals surface area contributed by atoms with E-state index in [2.05, 4.69) is 19.1 Å². The number of thioether (sulfide) groups is 1. The summed E-state index contributed by atoms with van der Waals surface area (Å²) in [6.45, 7) is 6.28. The van der Waals surface area contributed by atoms with E-state index < -0.39 is 0 Å². The van der Waals surface area contributed by atoms with E-state index >= 15 is 0 Å². The monoisotopic (exact) mass is 502 g/mol. The Kier molecular flexibility index (Phi) is 8.16. The first-order valence-electron chi connectivity index (χ1n) is 11.6. The predicted octanol–water partition coefficient (Wildman–Crippen LogP) is 6.52. The lowest BCUT2D eigenvalue weighted by atomic mass is 10.0. The number of hydrogen-bond donors (Lipinski definition) is 0. The molecule has 4 rings (SSSR count). The fourth-order valence-corrected chi connectivity index (χ4v) is 6.64. The Morgan fingerprint density at radius 1 is 0.971 bits per heavy atom. The van der Waals surface area contributed by atoms with Crippen LogP contribution in [0.4, 0.5) is 0 Å². The van der Waals surface area contributed by atoms with Crippen LogP contribution in [0.1, 0.15) is 51.0 Å². The highest BCUT2D eigenvalue weighted by molar-refractivity contribution is 8.01. The second-order valence-electron chi connectivity index (χ2n) is 8.18. The normalized spacial score (nSPS) is 11.7. The second-order valence-corrected chi connectivity index (χ2v) is 10.8. The number of carbonyl (C=O) groups excluding carboxylic acids is 2. The lowest BCUT2D eigenvalue weighted by molar-refractivity contribution is -0.598. The van der Waals surface area contributed by atoms with Gasteiger partial charge in [0.05, 0.1) is 23.5 Å². The molecule has 0 amide bonds. The van der Waals surface area contributed by atoms with Gasteiger partial charge in [-0.3, -0.25) is 9.59 Å². The fraction of sp³-hybridized carbons (Fsp3) is 0.207. The molecule has 0 aliphatic rings. The number of thiophene rings is 1. The van der Waals surface area contributed by atoms with Crippen LogP contribution in [0.3, 0.4) is 0 Å². The minimum absolute atomic E-state index is 0.0364. The van der Waals surface area contributed by atoms with Crippen molar-refractivity contribution < 1.29 is 18.9 Å². The van der Waals surface area contributed by atoms with E-state index in [1.54, 1.807) is 18.7 Å². The Labute approximate surface area is 214 Å². The number of ketones is 1. The van der Waals surface area contributed by atoms with Crippen molar-refractivity contribution in [3.8, 4) is 5.69 Å². The van der Waals surface area contributed by atoms with E-state index in [0.29, 0.717) is 22.6 Å². The van der Waals surface area contributed by atoms with E-state index in [1.165, 1.54) is 16.9 Å². The van der Waals surface area contributed by atoms with Crippen LogP contribution in [0, 0.1) is 6.92 Å². The molecule has 1 atom stereocenters. The van der Waals surface area contributed by atoms with Gasteiger partial charge in [-0.05, 0) is 31.9 Å². The first-order valence-corrected chi connectivity index (χ1v) is 13.3. The van der Waals surface area contributed by atoms with Crippen molar-refractivity contribution in [3.63, 3.8) is 0 Å². The first kappa shape index (κ1) is 24.9. The summed E-state index contributed by atoms with van der Waals surface area (Å²) in [7, 11) is 0. The molecule has 0 saturated heterocycles. The standard InChI is InChI=1S/C29H28NO3S2/c1-4-33-25(31)19-24-26(30-17-15-20(2)16-18-30)29(34-21(3)22-11-7-5-8-12-22)35-28(24)27(32)23-13-9-6-10-14-23/h5-18,21H,4,19H2,1-3H3/q+1. The molecular formula is C29H28NO3S2+. The Morgan fingerprint density at radius 2 is 1.60 bits per heavy atom. The molecule has 0 spiro atoms. The van der Waals surface area contributed by atoms with Crippen LogP contribution >= 0.6 is 23.1 Å². The van der Waals surface area contributed by atoms with Crippen molar-refractivity contribution in [2.45, 2.75) is 36.7 Å². The van der Waals surface area contributed by atoms with Crippen molar-refractivity contribution in [2.24, 2.45) is 0 Å². The van der Waals surface area contributed by atoms with Gasteiger partial charge in [0, 0.05) is 22.9 Å². The zero-order valence-corrected chi connectivity index (χ0v) is 21.7. The van der Waals surface area contributed by atoms with Crippen LogP contribution in [0.2, 0.25) is 0 Å². The number of benzene rings is 2. The topological polar surface area (TPSA) is 47.3 Å². The smallest absolute Gasteiger partial charge is 0.310 e. The van der Waals surface area contributed by atoms with Gasteiger partial charge in [0.15, 0.2) is 12.4 Å². The van der Waals surface area contributed by atoms with Gasteiger partial charge in [0.1, 0.15) is 4.21 Å². The number of pyridine rings is 1. The molecule has 2 aromatic heterocycles. The molecule has 0 N–H and O–H groups in total. The summed E-state index contributed by atoms with van der Waals surface area (Å²) in [5.41, 5.74) is 4.52. The molecule has 4 aromatic rings. The first-order chi connectivity index (χ1) is 17.0. The molecule has 1 unspecified atom stereocenters. The lowest BCUT2D eigenvalue weighted by Crippen LogP contribution is -2.32. The number of esters is 1. The molecule has 0 saturated carbocycles. The number of aromatic nitrogens is 1. The molecule has 178 valence electrons. The van der Waals surface area contributed by atoms with E-state index in [0.717, 1.165) is 15.5 Å². The number of aryl methyl sites for hydroxylation is 1. The molecule has 0 aliphatic heterocycles. The third kappa shape index (κ3) is 5.89. The third-order valence-corrected chi connectivity index (χ3v) is 8.21. The molecule has 2 aromatic carbocycles. The Bertz CT molecular complexity index is 1300. The number of ether oxygens (including phenoxy) is 1. The Balaban J connectivity index is 1.87. The van der Waals surface area contributed by atoms with Crippen molar-refractivity contribution in [2.75, 3.05) is 6.61 Å². The van der Waals surface area contributed by atoms with Gasteiger partial charge in [0.25, 0.3) is 0 Å². The Morgan fingerprint density at radius 3 is 2.23 bits per heavy atom. The van der Waals surface area contributed by atoms with Gasteiger partial charge < -0.3 is 4.74 Å². The molecule has 2 heterocycles. The molecule has 0 aliphatic carbocycles. The van der Waals surface area contributed by atoms with Gasteiger partial charge in [0.2, 0.25) is 11.5 Å². The van der Waals surface area contributed by atoms with Gasteiger partial charge in [-0.15, -0.1) is 23.1 Å². The van der Waals surface area contributed by atoms with Crippen molar-refractivity contribution in [1.29, 1.82) is 0 Å². The van der Waals surface area contributed by atoms with Crippen LogP contribution in [-0.4, -0.2) is 18.4 Å². The summed E-state index contributed by atoms with van der Waals surface area (Å²) in [6, 6.07) is 23.6.